The molecule has 35 heavy (non-hydrogen) atoms. The molecule has 1 aliphatic carbocycles. The molecule has 1 aromatic rings. The highest BCUT2D eigenvalue weighted by Crippen LogP contribution is 2.42. The first-order chi connectivity index (χ1) is 16.8. The molecule has 190 valence electrons. The van der Waals surface area contributed by atoms with Crippen LogP contribution in [0.2, 0.25) is 10.0 Å². The molecular weight excluding hydrogens is 517 g/mol. The van der Waals surface area contributed by atoms with Gasteiger partial charge >= 0.3 is 0 Å². The van der Waals surface area contributed by atoms with E-state index in [0.717, 1.165) is 19.3 Å². The van der Waals surface area contributed by atoms with Gasteiger partial charge in [-0.05, 0) is 55.7 Å². The Morgan fingerprint density at radius 2 is 2.00 bits per heavy atom. The summed E-state index contributed by atoms with van der Waals surface area (Å²) in [5.74, 6) is -1.26. The zero-order valence-corrected chi connectivity index (χ0v) is 21.4. The van der Waals surface area contributed by atoms with Crippen molar-refractivity contribution in [2.45, 2.75) is 44.2 Å². The van der Waals surface area contributed by atoms with E-state index in [2.05, 4.69) is 10.6 Å². The predicted molar refractivity (Wildman–Crippen MR) is 132 cm³/mol. The number of alkyl halides is 1. The average molecular weight is 545 g/mol. The summed E-state index contributed by atoms with van der Waals surface area (Å²) in [5.41, 5.74) is 0. The summed E-state index contributed by atoms with van der Waals surface area (Å²) in [6.45, 7) is 0.723. The van der Waals surface area contributed by atoms with E-state index in [0.29, 0.717) is 30.3 Å². The van der Waals surface area contributed by atoms with Gasteiger partial charge in [0, 0.05) is 24.0 Å². The summed E-state index contributed by atoms with van der Waals surface area (Å²) < 4.78 is 5.62. The Balaban J connectivity index is 1.46. The Kier molecular flexibility index (Phi) is 8.45. The highest BCUT2D eigenvalue weighted by molar-refractivity contribution is 6.35. The largest absolute Gasteiger partial charge is 0.482 e. The van der Waals surface area contributed by atoms with Crippen molar-refractivity contribution in [3.8, 4) is 5.75 Å². The molecular formula is C24H28Cl3N3O5. The number of nitrogens with one attached hydrogen (secondary N) is 2. The monoisotopic (exact) mass is 543 g/mol. The minimum absolute atomic E-state index is 0.0135. The van der Waals surface area contributed by atoms with Gasteiger partial charge in [0.25, 0.3) is 5.91 Å². The van der Waals surface area contributed by atoms with Gasteiger partial charge in [-0.25, -0.2) is 0 Å². The summed E-state index contributed by atoms with van der Waals surface area (Å²) in [6.07, 6.45) is 3.55. The van der Waals surface area contributed by atoms with Gasteiger partial charge in [0.05, 0.1) is 16.9 Å². The molecule has 3 fully saturated rings. The third-order valence-electron chi connectivity index (χ3n) is 7.24. The van der Waals surface area contributed by atoms with Crippen molar-refractivity contribution in [1.29, 1.82) is 0 Å². The zero-order chi connectivity index (χ0) is 25.1. The molecule has 0 radical (unpaired) electrons. The SMILES string of the molecule is O=C1NCC[C@H]1C[C@H](NC(=O)[C@@H]1C2CCC[C@H]2CN1C(=O)COc1ccc(Cl)cc1Cl)C(=O)CCl. The number of fused-ring (bicyclic) bond motifs is 1. The molecule has 0 bridgehead atoms. The Morgan fingerprint density at radius 1 is 1.20 bits per heavy atom. The lowest BCUT2D eigenvalue weighted by molar-refractivity contribution is -0.141. The highest BCUT2D eigenvalue weighted by atomic mass is 35.5. The molecule has 5 atom stereocenters. The van der Waals surface area contributed by atoms with E-state index in [1.54, 1.807) is 17.0 Å². The molecule has 3 amide bonds. The number of nitrogens with zero attached hydrogens (tertiary/aromatic N) is 1. The van der Waals surface area contributed by atoms with Gasteiger partial charge in [-0.15, -0.1) is 11.6 Å². The van der Waals surface area contributed by atoms with Crippen molar-refractivity contribution < 1.29 is 23.9 Å². The van der Waals surface area contributed by atoms with Crippen molar-refractivity contribution in [3.05, 3.63) is 28.2 Å². The molecule has 1 unspecified atom stereocenters. The van der Waals surface area contributed by atoms with Crippen LogP contribution < -0.4 is 15.4 Å². The summed E-state index contributed by atoms with van der Waals surface area (Å²) in [4.78, 5) is 52.7. The van der Waals surface area contributed by atoms with Gasteiger partial charge in [0.2, 0.25) is 11.8 Å². The number of ketones is 1. The number of ether oxygens (including phenoxy) is 1. The van der Waals surface area contributed by atoms with E-state index in [1.807, 2.05) is 0 Å². The van der Waals surface area contributed by atoms with Crippen LogP contribution in [-0.2, 0) is 19.2 Å². The Hall–Kier alpha value is -2.03. The molecule has 2 aliphatic heterocycles. The van der Waals surface area contributed by atoms with Crippen molar-refractivity contribution in [2.24, 2.45) is 17.8 Å². The summed E-state index contributed by atoms with van der Waals surface area (Å²) in [5, 5.41) is 6.31. The van der Waals surface area contributed by atoms with Crippen molar-refractivity contribution in [3.63, 3.8) is 0 Å². The van der Waals surface area contributed by atoms with Gasteiger partial charge in [-0.1, -0.05) is 29.6 Å². The first-order valence-corrected chi connectivity index (χ1v) is 13.1. The van der Waals surface area contributed by atoms with Crippen LogP contribution in [0.1, 0.15) is 32.1 Å². The van der Waals surface area contributed by atoms with E-state index < -0.39 is 12.1 Å². The number of hydrogen-bond donors (Lipinski definition) is 2. The molecule has 0 spiro atoms. The molecule has 0 aromatic heterocycles. The van der Waals surface area contributed by atoms with Crippen LogP contribution in [0, 0.1) is 17.8 Å². The number of likely N-dealkylation sites (tertiary alicyclic amines) is 1. The normalized spacial score (nSPS) is 26.3. The number of carbonyl (C=O) groups excluding carboxylic acids is 4. The van der Waals surface area contributed by atoms with E-state index in [9.17, 15) is 19.2 Å². The smallest absolute Gasteiger partial charge is 0.261 e. The minimum Gasteiger partial charge on any atom is -0.482 e. The molecule has 1 saturated carbocycles. The lowest BCUT2D eigenvalue weighted by atomic mass is 9.92. The van der Waals surface area contributed by atoms with Crippen LogP contribution in [-0.4, -0.2) is 66.1 Å². The molecule has 11 heteroatoms. The second-order valence-electron chi connectivity index (χ2n) is 9.38. The van der Waals surface area contributed by atoms with Crippen molar-refractivity contribution in [1.82, 2.24) is 15.5 Å². The van der Waals surface area contributed by atoms with Gasteiger partial charge in [-0.2, -0.15) is 0 Å². The van der Waals surface area contributed by atoms with Crippen molar-refractivity contribution >= 4 is 58.3 Å². The molecule has 3 aliphatic rings. The lowest BCUT2D eigenvalue weighted by Crippen LogP contribution is -2.54. The molecule has 2 heterocycles. The number of halogens is 3. The van der Waals surface area contributed by atoms with Crippen LogP contribution in [0.3, 0.4) is 0 Å². The fourth-order valence-corrected chi connectivity index (χ4v) is 6.14. The predicted octanol–water partition coefficient (Wildman–Crippen LogP) is 2.82. The number of amides is 3. The van der Waals surface area contributed by atoms with Crippen LogP contribution >= 0.6 is 34.8 Å². The first kappa shape index (κ1) is 26.0. The Bertz CT molecular complexity index is 1010. The van der Waals surface area contributed by atoms with Crippen LogP contribution in [0.25, 0.3) is 0 Å². The standard InChI is InChI=1S/C24H28Cl3N3O5/c25-10-19(31)18(8-13-6-7-28-23(13)33)29-24(34)22-16-3-1-2-14(16)11-30(22)21(32)12-35-20-5-4-15(26)9-17(20)27/h4-5,9,13-14,16,18,22H,1-3,6-8,10-12H2,(H,28,33)(H,29,34)/t13-,14-,16?,18-,22-/m0/s1. The second kappa shape index (κ2) is 11.4. The van der Waals surface area contributed by atoms with Gasteiger partial charge in [0.1, 0.15) is 11.8 Å². The van der Waals surface area contributed by atoms with Crippen molar-refractivity contribution in [2.75, 3.05) is 25.6 Å². The fourth-order valence-electron chi connectivity index (χ4n) is 5.49. The third kappa shape index (κ3) is 5.87. The van der Waals surface area contributed by atoms with E-state index in [4.69, 9.17) is 39.5 Å². The van der Waals surface area contributed by atoms with Crippen LogP contribution in [0.4, 0.5) is 0 Å². The topological polar surface area (TPSA) is 105 Å². The summed E-state index contributed by atoms with van der Waals surface area (Å²) in [6, 6.07) is 3.14. The second-order valence-corrected chi connectivity index (χ2v) is 10.5. The van der Waals surface area contributed by atoms with Crippen LogP contribution in [0.15, 0.2) is 18.2 Å². The fraction of sp³-hybridized carbons (Fsp3) is 0.583. The summed E-state index contributed by atoms with van der Waals surface area (Å²) >= 11 is 17.9. The minimum atomic E-state index is -0.879. The van der Waals surface area contributed by atoms with E-state index >= 15 is 0 Å². The van der Waals surface area contributed by atoms with Gasteiger partial charge < -0.3 is 20.3 Å². The average Bonchev–Trinajstić information content (AvgIpc) is 3.53. The maximum Gasteiger partial charge on any atom is 0.261 e. The molecule has 2 saturated heterocycles. The molecule has 8 nitrogen and oxygen atoms in total. The summed E-state index contributed by atoms with van der Waals surface area (Å²) in [7, 11) is 0. The maximum atomic E-state index is 13.5. The zero-order valence-electron chi connectivity index (χ0n) is 19.1. The van der Waals surface area contributed by atoms with E-state index in [1.165, 1.54) is 6.07 Å². The maximum absolute atomic E-state index is 13.5. The highest BCUT2D eigenvalue weighted by Gasteiger charge is 2.50. The first-order valence-electron chi connectivity index (χ1n) is 11.8. The van der Waals surface area contributed by atoms with Crippen LogP contribution in [0.5, 0.6) is 5.75 Å². The van der Waals surface area contributed by atoms with Gasteiger partial charge in [-0.3, -0.25) is 19.2 Å². The van der Waals surface area contributed by atoms with E-state index in [-0.39, 0.29) is 65.2 Å². The number of hydrogen-bond acceptors (Lipinski definition) is 5. The lowest BCUT2D eigenvalue weighted by Gasteiger charge is -2.29. The number of benzene rings is 1. The molecule has 4 rings (SSSR count). The third-order valence-corrected chi connectivity index (χ3v) is 8.04. The number of Topliss-reactive ketones (excluding diaryl/α,β-unsaturated/α-hetero) is 1. The quantitative estimate of drug-likeness (QED) is 0.465. The Labute approximate surface area is 219 Å². The molecule has 1 aromatic carbocycles. The number of carbonyl (C=O) groups is 4. The number of rotatable bonds is 9. The Morgan fingerprint density at radius 3 is 2.69 bits per heavy atom. The van der Waals surface area contributed by atoms with Gasteiger partial charge in [0.15, 0.2) is 12.4 Å². The molecule has 2 N–H and O–H groups in total.